The van der Waals surface area contributed by atoms with Gasteiger partial charge in [0.1, 0.15) is 0 Å². The highest BCUT2D eigenvalue weighted by Gasteiger charge is 2.48. The first kappa shape index (κ1) is 18.9. The van der Waals surface area contributed by atoms with Crippen molar-refractivity contribution in [3.63, 3.8) is 0 Å². The van der Waals surface area contributed by atoms with Crippen LogP contribution in [-0.2, 0) is 6.54 Å². The molecule has 30 heavy (non-hydrogen) atoms. The van der Waals surface area contributed by atoms with E-state index >= 15 is 0 Å². The molecular formula is C23H24N4O3. The quantitative estimate of drug-likeness (QED) is 0.698. The SMILES string of the molecule is Cc1nnc(-c2ccc(-c3nccc4c3C(=O)N(C(C3CC3)C(C)(C)O)C4)cc2)o1. The van der Waals surface area contributed by atoms with E-state index in [1.165, 1.54) is 0 Å². The molecule has 0 bridgehead atoms. The zero-order valence-corrected chi connectivity index (χ0v) is 17.3. The summed E-state index contributed by atoms with van der Waals surface area (Å²) in [6.07, 6.45) is 3.85. The van der Waals surface area contributed by atoms with Gasteiger partial charge in [0.25, 0.3) is 5.91 Å². The fourth-order valence-electron chi connectivity index (χ4n) is 4.52. The fourth-order valence-corrected chi connectivity index (χ4v) is 4.52. The number of pyridine rings is 1. The van der Waals surface area contributed by atoms with Gasteiger partial charge in [0.2, 0.25) is 11.8 Å². The van der Waals surface area contributed by atoms with Crippen LogP contribution in [0.15, 0.2) is 40.9 Å². The molecule has 1 unspecified atom stereocenters. The van der Waals surface area contributed by atoms with E-state index in [0.717, 1.165) is 29.5 Å². The number of nitrogens with zero attached hydrogens (tertiary/aromatic N) is 4. The lowest BCUT2D eigenvalue weighted by molar-refractivity contribution is -0.0224. The van der Waals surface area contributed by atoms with Crippen molar-refractivity contribution in [3.8, 4) is 22.7 Å². The number of amides is 1. The number of carbonyl (C=O) groups excluding carboxylic acids is 1. The maximum absolute atomic E-state index is 13.4. The molecule has 1 aliphatic carbocycles. The minimum absolute atomic E-state index is 0.0521. The number of hydrogen-bond acceptors (Lipinski definition) is 6. The molecule has 1 amide bonds. The summed E-state index contributed by atoms with van der Waals surface area (Å²) in [6, 6.07) is 9.34. The number of aliphatic hydroxyl groups is 1. The summed E-state index contributed by atoms with van der Waals surface area (Å²) >= 11 is 0. The van der Waals surface area contributed by atoms with Crippen LogP contribution < -0.4 is 0 Å². The third kappa shape index (κ3) is 3.19. The highest BCUT2D eigenvalue weighted by atomic mass is 16.4. The van der Waals surface area contributed by atoms with Crippen LogP contribution >= 0.6 is 0 Å². The molecule has 1 N–H and O–H groups in total. The normalized spacial score (nSPS) is 17.3. The molecule has 7 nitrogen and oxygen atoms in total. The Kier molecular flexibility index (Phi) is 4.25. The van der Waals surface area contributed by atoms with Crippen LogP contribution in [-0.4, -0.2) is 42.7 Å². The van der Waals surface area contributed by atoms with Crippen molar-refractivity contribution in [1.82, 2.24) is 20.1 Å². The summed E-state index contributed by atoms with van der Waals surface area (Å²) in [4.78, 5) is 19.8. The standard InChI is InChI=1S/C23H24N4O3/c1-13-25-26-21(30-13)16-8-4-14(5-9-16)19-18-17(10-11-24-19)12-27(22(18)28)20(15-6-7-15)23(2,3)29/h4-5,8-11,15,20,29H,6-7,12H2,1-3H3. The van der Waals surface area contributed by atoms with Crippen LogP contribution in [0.25, 0.3) is 22.7 Å². The van der Waals surface area contributed by atoms with Crippen LogP contribution in [0.1, 0.15) is 48.5 Å². The van der Waals surface area contributed by atoms with Gasteiger partial charge < -0.3 is 14.4 Å². The van der Waals surface area contributed by atoms with Gasteiger partial charge in [0.05, 0.1) is 22.9 Å². The van der Waals surface area contributed by atoms with Gasteiger partial charge in [-0.15, -0.1) is 10.2 Å². The van der Waals surface area contributed by atoms with E-state index in [1.54, 1.807) is 27.0 Å². The van der Waals surface area contributed by atoms with E-state index in [1.807, 2.05) is 35.2 Å². The third-order valence-electron chi connectivity index (χ3n) is 5.91. The average molecular weight is 404 g/mol. The Balaban J connectivity index is 1.49. The second kappa shape index (κ2) is 6.74. The molecule has 0 saturated heterocycles. The molecular weight excluding hydrogens is 380 g/mol. The molecule has 1 atom stereocenters. The molecule has 1 aromatic carbocycles. The van der Waals surface area contributed by atoms with Crippen LogP contribution in [0, 0.1) is 12.8 Å². The number of aryl methyl sites for hydroxylation is 1. The van der Waals surface area contributed by atoms with Crippen LogP contribution in [0.2, 0.25) is 0 Å². The lowest BCUT2D eigenvalue weighted by Gasteiger charge is -2.37. The monoisotopic (exact) mass is 404 g/mol. The minimum Gasteiger partial charge on any atom is -0.421 e. The van der Waals surface area contributed by atoms with Crippen molar-refractivity contribution in [2.24, 2.45) is 5.92 Å². The van der Waals surface area contributed by atoms with Gasteiger partial charge in [-0.05, 0) is 56.4 Å². The first-order valence-electron chi connectivity index (χ1n) is 10.2. The molecule has 0 radical (unpaired) electrons. The van der Waals surface area contributed by atoms with Crippen molar-refractivity contribution < 1.29 is 14.3 Å². The number of aromatic nitrogens is 3. The summed E-state index contributed by atoms with van der Waals surface area (Å²) in [5, 5.41) is 18.7. The van der Waals surface area contributed by atoms with E-state index in [0.29, 0.717) is 35.5 Å². The predicted molar refractivity (Wildman–Crippen MR) is 110 cm³/mol. The van der Waals surface area contributed by atoms with E-state index in [2.05, 4.69) is 15.2 Å². The van der Waals surface area contributed by atoms with Gasteiger partial charge in [-0.3, -0.25) is 9.78 Å². The average Bonchev–Trinajstić information content (AvgIpc) is 3.35. The molecule has 1 fully saturated rings. The smallest absolute Gasteiger partial charge is 0.257 e. The molecule has 2 aliphatic rings. The molecule has 1 saturated carbocycles. The van der Waals surface area contributed by atoms with Gasteiger partial charge in [-0.2, -0.15) is 0 Å². The van der Waals surface area contributed by atoms with Crippen molar-refractivity contribution in [2.45, 2.75) is 51.8 Å². The van der Waals surface area contributed by atoms with Crippen molar-refractivity contribution in [3.05, 3.63) is 53.5 Å². The second-order valence-electron chi connectivity index (χ2n) is 8.77. The van der Waals surface area contributed by atoms with Gasteiger partial charge in [0.15, 0.2) is 0 Å². The van der Waals surface area contributed by atoms with E-state index in [-0.39, 0.29) is 11.9 Å². The van der Waals surface area contributed by atoms with E-state index in [4.69, 9.17) is 4.42 Å². The topological polar surface area (TPSA) is 92.4 Å². The molecule has 3 heterocycles. The molecule has 3 aromatic rings. The number of fused-ring (bicyclic) bond motifs is 1. The first-order chi connectivity index (χ1) is 14.3. The number of benzene rings is 1. The van der Waals surface area contributed by atoms with E-state index in [9.17, 15) is 9.90 Å². The van der Waals surface area contributed by atoms with Crippen LogP contribution in [0.5, 0.6) is 0 Å². The molecule has 7 heteroatoms. The minimum atomic E-state index is -0.948. The number of rotatable bonds is 5. The van der Waals surface area contributed by atoms with Gasteiger partial charge >= 0.3 is 0 Å². The second-order valence-corrected chi connectivity index (χ2v) is 8.77. The fraction of sp³-hybridized carbons (Fsp3) is 0.391. The Hall–Kier alpha value is -3.06. The summed E-state index contributed by atoms with van der Waals surface area (Å²) in [6.45, 7) is 5.85. The summed E-state index contributed by atoms with van der Waals surface area (Å²) in [5.74, 6) is 1.28. The number of carbonyl (C=O) groups is 1. The summed E-state index contributed by atoms with van der Waals surface area (Å²) in [5.41, 5.74) is 2.98. The maximum Gasteiger partial charge on any atom is 0.257 e. The lowest BCUT2D eigenvalue weighted by atomic mass is 9.93. The Morgan fingerprint density at radius 1 is 1.13 bits per heavy atom. The van der Waals surface area contributed by atoms with Crippen molar-refractivity contribution >= 4 is 5.91 Å². The Labute approximate surface area is 174 Å². The molecule has 0 spiro atoms. The molecule has 2 aromatic heterocycles. The summed E-state index contributed by atoms with van der Waals surface area (Å²) < 4.78 is 5.48. The van der Waals surface area contributed by atoms with Gasteiger partial charge in [-0.1, -0.05) is 12.1 Å². The molecule has 1 aliphatic heterocycles. The highest BCUT2D eigenvalue weighted by molar-refractivity contribution is 6.04. The predicted octanol–water partition coefficient (Wildman–Crippen LogP) is 3.61. The maximum atomic E-state index is 13.4. The Morgan fingerprint density at radius 3 is 2.43 bits per heavy atom. The highest BCUT2D eigenvalue weighted by Crippen LogP contribution is 2.43. The van der Waals surface area contributed by atoms with Gasteiger partial charge in [0, 0.05) is 30.8 Å². The summed E-state index contributed by atoms with van der Waals surface area (Å²) in [7, 11) is 0. The first-order valence-corrected chi connectivity index (χ1v) is 10.2. The van der Waals surface area contributed by atoms with Crippen LogP contribution in [0.3, 0.4) is 0 Å². The van der Waals surface area contributed by atoms with Crippen molar-refractivity contribution in [2.75, 3.05) is 0 Å². The molecule has 5 rings (SSSR count). The Bertz CT molecular complexity index is 1110. The van der Waals surface area contributed by atoms with E-state index < -0.39 is 5.60 Å². The van der Waals surface area contributed by atoms with Crippen molar-refractivity contribution in [1.29, 1.82) is 0 Å². The third-order valence-corrected chi connectivity index (χ3v) is 5.91. The lowest BCUT2D eigenvalue weighted by Crippen LogP contribution is -2.51. The Morgan fingerprint density at radius 2 is 1.83 bits per heavy atom. The zero-order valence-electron chi connectivity index (χ0n) is 17.3. The largest absolute Gasteiger partial charge is 0.421 e. The molecule has 154 valence electrons. The zero-order chi connectivity index (χ0) is 21.0. The number of hydrogen-bond donors (Lipinski definition) is 1. The van der Waals surface area contributed by atoms with Crippen LogP contribution in [0.4, 0.5) is 0 Å². The van der Waals surface area contributed by atoms with Gasteiger partial charge in [-0.25, -0.2) is 0 Å².